The third-order valence-corrected chi connectivity index (χ3v) is 4.15. The number of benzene rings is 1. The van der Waals surface area contributed by atoms with E-state index in [1.54, 1.807) is 19.0 Å². The quantitative estimate of drug-likeness (QED) is 0.663. The second-order valence-electron chi connectivity index (χ2n) is 6.25. The number of guanidine groups is 1. The highest BCUT2D eigenvalue weighted by molar-refractivity contribution is 5.85. The monoisotopic (exact) mass is 316 g/mol. The van der Waals surface area contributed by atoms with E-state index in [0.717, 1.165) is 32.0 Å². The zero-order chi connectivity index (χ0) is 16.7. The van der Waals surface area contributed by atoms with Gasteiger partial charge in [-0.3, -0.25) is 4.79 Å². The molecule has 1 amide bonds. The minimum absolute atomic E-state index is 0.0282. The maximum atomic E-state index is 11.7. The normalized spacial score (nSPS) is 18.1. The molecule has 1 aliphatic rings. The molecule has 1 unspecified atom stereocenters. The second kappa shape index (κ2) is 8.56. The number of carbonyl (C=O) groups excluding carboxylic acids is 1. The molecule has 23 heavy (non-hydrogen) atoms. The predicted molar refractivity (Wildman–Crippen MR) is 94.5 cm³/mol. The lowest BCUT2D eigenvalue weighted by Gasteiger charge is -2.22. The molecule has 1 atom stereocenters. The van der Waals surface area contributed by atoms with Crippen LogP contribution in [-0.4, -0.2) is 61.9 Å². The number of aliphatic imine (C=N–C) groups is 1. The number of nitrogens with one attached hydrogen (secondary N) is 1. The number of carbonyl (C=O) groups is 1. The highest BCUT2D eigenvalue weighted by Crippen LogP contribution is 2.20. The van der Waals surface area contributed by atoms with Crippen molar-refractivity contribution < 1.29 is 4.79 Å². The van der Waals surface area contributed by atoms with Gasteiger partial charge in [0.2, 0.25) is 5.91 Å². The molecule has 0 bridgehead atoms. The first kappa shape index (κ1) is 17.3. The van der Waals surface area contributed by atoms with Gasteiger partial charge in [0.1, 0.15) is 6.54 Å². The van der Waals surface area contributed by atoms with Crippen LogP contribution in [0.1, 0.15) is 18.9 Å². The van der Waals surface area contributed by atoms with Crippen LogP contribution in [0.25, 0.3) is 0 Å². The minimum Gasteiger partial charge on any atom is -0.357 e. The first-order chi connectivity index (χ1) is 11.1. The van der Waals surface area contributed by atoms with Crippen molar-refractivity contribution in [3.63, 3.8) is 0 Å². The molecule has 126 valence electrons. The minimum atomic E-state index is 0.0282. The molecule has 1 fully saturated rings. The first-order valence-corrected chi connectivity index (χ1v) is 8.37. The van der Waals surface area contributed by atoms with Gasteiger partial charge in [0.05, 0.1) is 0 Å². The van der Waals surface area contributed by atoms with Gasteiger partial charge in [-0.05, 0) is 31.2 Å². The Morgan fingerprint density at radius 1 is 1.35 bits per heavy atom. The number of nitrogens with zero attached hydrogens (tertiary/aromatic N) is 3. The van der Waals surface area contributed by atoms with Crippen LogP contribution >= 0.6 is 0 Å². The van der Waals surface area contributed by atoms with E-state index >= 15 is 0 Å². The van der Waals surface area contributed by atoms with Crippen LogP contribution in [0.3, 0.4) is 0 Å². The van der Waals surface area contributed by atoms with E-state index in [-0.39, 0.29) is 12.5 Å². The molecule has 5 heteroatoms. The Hall–Kier alpha value is -2.04. The summed E-state index contributed by atoms with van der Waals surface area (Å²) in [5.74, 6) is 1.53. The topological polar surface area (TPSA) is 47.9 Å². The average molecular weight is 316 g/mol. The Balaban J connectivity index is 1.93. The Morgan fingerprint density at radius 2 is 2.09 bits per heavy atom. The predicted octanol–water partition coefficient (Wildman–Crippen LogP) is 1.60. The fourth-order valence-electron chi connectivity index (χ4n) is 2.85. The number of amides is 1. The van der Waals surface area contributed by atoms with Crippen molar-refractivity contribution in [3.8, 4) is 0 Å². The standard InChI is InChI=1S/C18H28N4O/c1-4-19-18(20-13-17(23)21(2)3)22-11-10-16(14-22)12-15-8-6-5-7-9-15/h5-9,16H,4,10-14H2,1-3H3,(H,19,20). The zero-order valence-corrected chi connectivity index (χ0v) is 14.5. The molecule has 0 spiro atoms. The van der Waals surface area contributed by atoms with Crippen LogP contribution in [0.15, 0.2) is 35.3 Å². The molecule has 1 heterocycles. The third kappa shape index (κ3) is 5.27. The summed E-state index contributed by atoms with van der Waals surface area (Å²) < 4.78 is 0. The molecule has 1 saturated heterocycles. The second-order valence-corrected chi connectivity index (χ2v) is 6.25. The van der Waals surface area contributed by atoms with Crippen molar-refractivity contribution >= 4 is 11.9 Å². The smallest absolute Gasteiger partial charge is 0.243 e. The largest absolute Gasteiger partial charge is 0.357 e. The van der Waals surface area contributed by atoms with E-state index < -0.39 is 0 Å². The molecule has 1 N–H and O–H groups in total. The van der Waals surface area contributed by atoms with Crippen molar-refractivity contribution in [2.75, 3.05) is 40.3 Å². The lowest BCUT2D eigenvalue weighted by molar-refractivity contribution is -0.127. The van der Waals surface area contributed by atoms with Crippen LogP contribution in [-0.2, 0) is 11.2 Å². The summed E-state index contributed by atoms with van der Waals surface area (Å²) in [7, 11) is 3.52. The number of hydrogen-bond acceptors (Lipinski definition) is 2. The number of likely N-dealkylation sites (tertiary alicyclic amines) is 1. The molecular formula is C18H28N4O. The molecule has 0 aromatic heterocycles. The van der Waals surface area contributed by atoms with Crippen LogP contribution in [0, 0.1) is 5.92 Å². The van der Waals surface area contributed by atoms with Crippen LogP contribution in [0.4, 0.5) is 0 Å². The third-order valence-electron chi connectivity index (χ3n) is 4.15. The lowest BCUT2D eigenvalue weighted by Crippen LogP contribution is -2.41. The summed E-state index contributed by atoms with van der Waals surface area (Å²) in [6.45, 7) is 5.07. The summed E-state index contributed by atoms with van der Waals surface area (Å²) in [6, 6.07) is 10.6. The van der Waals surface area contributed by atoms with Gasteiger partial charge in [0.25, 0.3) is 0 Å². The van der Waals surface area contributed by atoms with Gasteiger partial charge in [-0.1, -0.05) is 30.3 Å². The van der Waals surface area contributed by atoms with Crippen LogP contribution < -0.4 is 5.32 Å². The number of rotatable bonds is 5. The molecule has 1 aromatic carbocycles. The maximum Gasteiger partial charge on any atom is 0.243 e. The van der Waals surface area contributed by atoms with E-state index in [4.69, 9.17) is 0 Å². The molecule has 0 aliphatic carbocycles. The van der Waals surface area contributed by atoms with E-state index in [9.17, 15) is 4.79 Å². The number of likely N-dealkylation sites (N-methyl/N-ethyl adjacent to an activating group) is 1. The van der Waals surface area contributed by atoms with Gasteiger partial charge in [-0.25, -0.2) is 4.99 Å². The Morgan fingerprint density at radius 3 is 2.74 bits per heavy atom. The maximum absolute atomic E-state index is 11.7. The van der Waals surface area contributed by atoms with E-state index in [2.05, 4.69) is 52.5 Å². The SMILES string of the molecule is CCNC(=NCC(=O)N(C)C)N1CCC(Cc2ccccc2)C1. The molecule has 1 aliphatic heterocycles. The van der Waals surface area contributed by atoms with Gasteiger partial charge in [-0.15, -0.1) is 0 Å². The van der Waals surface area contributed by atoms with Gasteiger partial charge in [0.15, 0.2) is 5.96 Å². The van der Waals surface area contributed by atoms with E-state index in [1.807, 2.05) is 0 Å². The highest BCUT2D eigenvalue weighted by atomic mass is 16.2. The first-order valence-electron chi connectivity index (χ1n) is 8.37. The van der Waals surface area contributed by atoms with Crippen molar-refractivity contribution in [1.82, 2.24) is 15.1 Å². The fraction of sp³-hybridized carbons (Fsp3) is 0.556. The van der Waals surface area contributed by atoms with Crippen LogP contribution in [0.2, 0.25) is 0 Å². The lowest BCUT2D eigenvalue weighted by atomic mass is 9.99. The highest BCUT2D eigenvalue weighted by Gasteiger charge is 2.25. The van der Waals surface area contributed by atoms with E-state index in [1.165, 1.54) is 12.0 Å². The molecule has 1 aromatic rings. The summed E-state index contributed by atoms with van der Waals surface area (Å²) in [5, 5.41) is 3.31. The molecular weight excluding hydrogens is 288 g/mol. The van der Waals surface area contributed by atoms with Crippen molar-refractivity contribution in [2.24, 2.45) is 10.9 Å². The summed E-state index contributed by atoms with van der Waals surface area (Å²) >= 11 is 0. The summed E-state index contributed by atoms with van der Waals surface area (Å²) in [5.41, 5.74) is 1.39. The van der Waals surface area contributed by atoms with Crippen LogP contribution in [0.5, 0.6) is 0 Å². The van der Waals surface area contributed by atoms with Gasteiger partial charge in [-0.2, -0.15) is 0 Å². The summed E-state index contributed by atoms with van der Waals surface area (Å²) in [6.07, 6.45) is 2.27. The van der Waals surface area contributed by atoms with E-state index in [0.29, 0.717) is 5.92 Å². The zero-order valence-electron chi connectivity index (χ0n) is 14.5. The Labute approximate surface area is 139 Å². The van der Waals surface area contributed by atoms with Gasteiger partial charge < -0.3 is 15.1 Å². The Kier molecular flexibility index (Phi) is 6.44. The average Bonchev–Trinajstić information content (AvgIpc) is 3.00. The molecule has 2 rings (SSSR count). The Bertz CT molecular complexity index is 527. The van der Waals surface area contributed by atoms with Crippen molar-refractivity contribution in [1.29, 1.82) is 0 Å². The molecule has 0 radical (unpaired) electrons. The number of hydrogen-bond donors (Lipinski definition) is 1. The molecule has 5 nitrogen and oxygen atoms in total. The van der Waals surface area contributed by atoms with Gasteiger partial charge in [0, 0.05) is 33.7 Å². The van der Waals surface area contributed by atoms with Gasteiger partial charge >= 0.3 is 0 Å². The molecule has 0 saturated carbocycles. The summed E-state index contributed by atoms with van der Waals surface area (Å²) in [4.78, 5) is 20.1. The van der Waals surface area contributed by atoms with Crippen molar-refractivity contribution in [2.45, 2.75) is 19.8 Å². The fourth-order valence-corrected chi connectivity index (χ4v) is 2.85. The van der Waals surface area contributed by atoms with Crippen molar-refractivity contribution in [3.05, 3.63) is 35.9 Å².